The Morgan fingerprint density at radius 2 is 1.96 bits per heavy atom. The van der Waals surface area contributed by atoms with Crippen molar-refractivity contribution in [2.24, 2.45) is 5.92 Å². The van der Waals surface area contributed by atoms with E-state index in [0.29, 0.717) is 30.5 Å². The van der Waals surface area contributed by atoms with Crippen LogP contribution < -0.4 is 9.47 Å². The first kappa shape index (κ1) is 18.8. The van der Waals surface area contributed by atoms with Gasteiger partial charge in [0.2, 0.25) is 0 Å². The Bertz CT molecular complexity index is 546. The van der Waals surface area contributed by atoms with Crippen molar-refractivity contribution in [3.63, 3.8) is 0 Å². The first-order valence-electron chi connectivity index (χ1n) is 8.05. The van der Waals surface area contributed by atoms with E-state index in [9.17, 15) is 9.90 Å². The minimum Gasteiger partial charge on any atom is -0.497 e. The van der Waals surface area contributed by atoms with Crippen molar-refractivity contribution in [3.8, 4) is 11.5 Å². The van der Waals surface area contributed by atoms with Crippen LogP contribution in [0.2, 0.25) is 0 Å². The van der Waals surface area contributed by atoms with Gasteiger partial charge in [-0.25, -0.2) is 4.79 Å². The molecule has 0 radical (unpaired) electrons. The maximum absolute atomic E-state index is 11.7. The quantitative estimate of drug-likeness (QED) is 0.757. The molecule has 0 aliphatic carbocycles. The number of ether oxygens (including phenoxy) is 2. The number of carbonyl (C=O) groups is 1. The van der Waals surface area contributed by atoms with E-state index in [4.69, 9.17) is 14.0 Å². The minimum absolute atomic E-state index is 0.298. The Labute approximate surface area is 144 Å². The predicted octanol–water partition coefficient (Wildman–Crippen LogP) is 3.64. The van der Waals surface area contributed by atoms with Crippen LogP contribution in [0.4, 0.5) is 4.79 Å². The topological polar surface area (TPSA) is 68.2 Å². The van der Waals surface area contributed by atoms with Crippen LogP contribution in [0.25, 0.3) is 0 Å². The zero-order valence-corrected chi connectivity index (χ0v) is 15.4. The molecule has 1 aromatic carbocycles. The lowest BCUT2D eigenvalue weighted by atomic mass is 10.0. The third-order valence-electron chi connectivity index (χ3n) is 4.44. The number of nitrogens with zero attached hydrogens (tertiary/aromatic N) is 1. The summed E-state index contributed by atoms with van der Waals surface area (Å²) in [7, 11) is 4.65. The molecule has 1 heterocycles. The Balaban J connectivity index is 2.02. The number of benzene rings is 1. The van der Waals surface area contributed by atoms with Gasteiger partial charge in [0.25, 0.3) is 0 Å². The number of hydrogen-bond donors (Lipinski definition) is 1. The number of rotatable bonds is 7. The van der Waals surface area contributed by atoms with E-state index in [1.165, 1.54) is 4.90 Å². The molecule has 1 aliphatic rings. The summed E-state index contributed by atoms with van der Waals surface area (Å²) in [5, 5.41) is 9.57. The van der Waals surface area contributed by atoms with Gasteiger partial charge in [0.15, 0.2) is 0 Å². The van der Waals surface area contributed by atoms with E-state index in [1.54, 1.807) is 27.4 Å². The van der Waals surface area contributed by atoms with E-state index in [0.717, 1.165) is 30.7 Å². The predicted molar refractivity (Wildman–Crippen MR) is 94.4 cm³/mol. The fourth-order valence-electron chi connectivity index (χ4n) is 2.98. The highest BCUT2D eigenvalue weighted by Gasteiger charge is 2.25. The summed E-state index contributed by atoms with van der Waals surface area (Å²) in [6, 6.07) is 5.46. The molecule has 1 aromatic rings. The average molecular weight is 355 g/mol. The first-order valence-corrected chi connectivity index (χ1v) is 9.68. The van der Waals surface area contributed by atoms with E-state index >= 15 is 0 Å². The Hall–Kier alpha value is -1.52. The van der Waals surface area contributed by atoms with Gasteiger partial charge in [-0.15, -0.1) is 0 Å². The van der Waals surface area contributed by atoms with E-state index in [-0.39, 0.29) is 8.15 Å². The van der Waals surface area contributed by atoms with Crippen molar-refractivity contribution in [1.82, 2.24) is 4.90 Å². The molecular weight excluding hydrogens is 329 g/mol. The highest BCUT2D eigenvalue weighted by Crippen LogP contribution is 2.43. The van der Waals surface area contributed by atoms with Gasteiger partial charge in [0.1, 0.15) is 11.5 Å². The maximum atomic E-state index is 11.7. The summed E-state index contributed by atoms with van der Waals surface area (Å²) in [5.74, 6) is 1.74. The number of carboxylic acid groups (broad SMARTS) is 1. The molecule has 6 nitrogen and oxygen atoms in total. The zero-order valence-electron chi connectivity index (χ0n) is 14.5. The van der Waals surface area contributed by atoms with E-state index in [2.05, 4.69) is 0 Å². The van der Waals surface area contributed by atoms with Crippen LogP contribution in [0.3, 0.4) is 0 Å². The van der Waals surface area contributed by atoms with Crippen LogP contribution in [-0.4, -0.2) is 56.3 Å². The standard InChI is InChI=1S/C17H26NO5P/c1-21-15-5-4-14(16(10-15)22-2)12-18(17(19)20)11-13-6-8-24(23-3)9-7-13/h4-5,10,13H,6-9,11-12H2,1-3H3,(H,19,20). The van der Waals surface area contributed by atoms with Crippen LogP contribution in [-0.2, 0) is 11.1 Å². The maximum Gasteiger partial charge on any atom is 0.407 e. The molecule has 134 valence electrons. The third-order valence-corrected chi connectivity index (χ3v) is 6.47. The molecule has 0 saturated carbocycles. The molecule has 0 unspecified atom stereocenters. The minimum atomic E-state index is -0.896. The van der Waals surface area contributed by atoms with Crippen molar-refractivity contribution in [2.45, 2.75) is 19.4 Å². The molecule has 0 bridgehead atoms. The average Bonchev–Trinajstić information content (AvgIpc) is 2.61. The second kappa shape index (κ2) is 9.09. The smallest absolute Gasteiger partial charge is 0.407 e. The molecule has 1 amide bonds. The molecule has 0 aromatic heterocycles. The lowest BCUT2D eigenvalue weighted by molar-refractivity contribution is 0.131. The molecule has 1 fully saturated rings. The fraction of sp³-hybridized carbons (Fsp3) is 0.588. The van der Waals surface area contributed by atoms with Gasteiger partial charge < -0.3 is 24.0 Å². The van der Waals surface area contributed by atoms with E-state index < -0.39 is 6.09 Å². The second-order valence-corrected chi connectivity index (χ2v) is 8.12. The number of amides is 1. The van der Waals surface area contributed by atoms with Crippen LogP contribution in [0, 0.1) is 5.92 Å². The van der Waals surface area contributed by atoms with Crippen LogP contribution >= 0.6 is 8.15 Å². The van der Waals surface area contributed by atoms with E-state index in [1.807, 2.05) is 12.1 Å². The zero-order chi connectivity index (χ0) is 17.5. The number of hydrogen-bond acceptors (Lipinski definition) is 4. The van der Waals surface area contributed by atoms with Crippen LogP contribution in [0.1, 0.15) is 18.4 Å². The highest BCUT2D eigenvalue weighted by molar-refractivity contribution is 7.52. The van der Waals surface area contributed by atoms with Crippen LogP contribution in [0.5, 0.6) is 11.5 Å². The largest absolute Gasteiger partial charge is 0.497 e. The highest BCUT2D eigenvalue weighted by atomic mass is 31.1. The van der Waals surface area contributed by atoms with Gasteiger partial charge in [0, 0.05) is 33.4 Å². The van der Waals surface area contributed by atoms with Gasteiger partial charge in [-0.2, -0.15) is 0 Å². The van der Waals surface area contributed by atoms with Gasteiger partial charge >= 0.3 is 6.09 Å². The molecular formula is C17H26NO5P. The summed E-state index contributed by atoms with van der Waals surface area (Å²) in [6.45, 7) is 0.870. The summed E-state index contributed by atoms with van der Waals surface area (Å²) in [5.41, 5.74) is 0.843. The molecule has 1 saturated heterocycles. The number of methoxy groups -OCH3 is 2. The molecule has 7 heteroatoms. The SMILES string of the molecule is COc1ccc(CN(CC2CCP(OC)CC2)C(=O)O)c(OC)c1. The first-order chi connectivity index (χ1) is 11.6. The summed E-state index contributed by atoms with van der Waals surface area (Å²) >= 11 is 0. The molecule has 0 spiro atoms. The monoisotopic (exact) mass is 355 g/mol. The normalized spacial score (nSPS) is 20.5. The molecule has 24 heavy (non-hydrogen) atoms. The van der Waals surface area contributed by atoms with Crippen molar-refractivity contribution in [3.05, 3.63) is 23.8 Å². The van der Waals surface area contributed by atoms with Gasteiger partial charge in [-0.1, -0.05) is 0 Å². The molecule has 2 rings (SSSR count). The molecule has 1 N–H and O–H groups in total. The third kappa shape index (κ3) is 4.99. The second-order valence-electron chi connectivity index (χ2n) is 5.90. The fourth-order valence-corrected chi connectivity index (χ4v) is 4.88. The van der Waals surface area contributed by atoms with Crippen molar-refractivity contribution in [2.75, 3.05) is 40.2 Å². The summed E-state index contributed by atoms with van der Waals surface area (Å²) in [6.07, 6.45) is 3.30. The lowest BCUT2D eigenvalue weighted by Crippen LogP contribution is -2.35. The summed E-state index contributed by atoms with van der Waals surface area (Å²) in [4.78, 5) is 13.1. The van der Waals surface area contributed by atoms with Gasteiger partial charge in [-0.3, -0.25) is 0 Å². The van der Waals surface area contributed by atoms with Crippen LogP contribution in [0.15, 0.2) is 18.2 Å². The van der Waals surface area contributed by atoms with Crippen molar-refractivity contribution < 1.29 is 23.9 Å². The van der Waals surface area contributed by atoms with Crippen molar-refractivity contribution >= 4 is 14.2 Å². The summed E-state index contributed by atoms with van der Waals surface area (Å²) < 4.78 is 16.0. The van der Waals surface area contributed by atoms with Gasteiger partial charge in [-0.05, 0) is 43.2 Å². The lowest BCUT2D eigenvalue weighted by Gasteiger charge is -2.31. The van der Waals surface area contributed by atoms with Crippen molar-refractivity contribution in [1.29, 1.82) is 0 Å². The Morgan fingerprint density at radius 1 is 1.25 bits per heavy atom. The molecule has 1 aliphatic heterocycles. The Morgan fingerprint density at radius 3 is 2.50 bits per heavy atom. The van der Waals surface area contributed by atoms with Gasteiger partial charge in [0.05, 0.1) is 20.8 Å². The Kier molecular flexibility index (Phi) is 7.13. The molecule has 0 atom stereocenters.